The lowest BCUT2D eigenvalue weighted by Crippen LogP contribution is -2.60. The summed E-state index contributed by atoms with van der Waals surface area (Å²) in [5.41, 5.74) is 1.06. The molecule has 3 aromatic rings. The van der Waals surface area contributed by atoms with Gasteiger partial charge < -0.3 is 19.3 Å². The Labute approximate surface area is 309 Å². The Morgan fingerprint density at radius 1 is 1.00 bits per heavy atom. The number of aromatic nitrogens is 2. The predicted molar refractivity (Wildman–Crippen MR) is 194 cm³/mol. The van der Waals surface area contributed by atoms with Crippen LogP contribution in [0.4, 0.5) is 19.1 Å². The maximum Gasteiger partial charge on any atom is 0.394 e. The zero-order chi connectivity index (χ0) is 37.8. The topological polar surface area (TPSA) is 114 Å². The Bertz CT molecular complexity index is 1930. The van der Waals surface area contributed by atoms with Crippen LogP contribution in [0.2, 0.25) is 0 Å². The number of sulfonamides is 1. The van der Waals surface area contributed by atoms with E-state index in [1.54, 1.807) is 11.0 Å². The highest BCUT2D eigenvalue weighted by molar-refractivity contribution is 7.92. The van der Waals surface area contributed by atoms with Crippen LogP contribution in [0.15, 0.2) is 53.4 Å². The van der Waals surface area contributed by atoms with Crippen LogP contribution in [0.3, 0.4) is 0 Å². The summed E-state index contributed by atoms with van der Waals surface area (Å²) in [4.78, 5) is 27.4. The van der Waals surface area contributed by atoms with Crippen LogP contribution in [0.1, 0.15) is 80.3 Å². The number of amides is 1. The molecular formula is C39H48F3N5O5S. The molecule has 1 saturated heterocycles. The molecule has 10 nitrogen and oxygen atoms in total. The van der Waals surface area contributed by atoms with E-state index < -0.39 is 33.6 Å². The van der Waals surface area contributed by atoms with E-state index in [9.17, 15) is 26.4 Å². The number of fused-ring (bicyclic) bond motifs is 4. The molecular weight excluding hydrogens is 708 g/mol. The molecule has 1 amide bonds. The molecule has 0 unspecified atom stereocenters. The number of hydrogen-bond donors (Lipinski definition) is 1. The fraction of sp³-hybridized carbons (Fsp3) is 0.564. The van der Waals surface area contributed by atoms with Crippen molar-refractivity contribution in [3.63, 3.8) is 0 Å². The van der Waals surface area contributed by atoms with Crippen molar-refractivity contribution in [3.8, 4) is 17.1 Å². The molecule has 4 bridgehead atoms. The third kappa shape index (κ3) is 7.77. The third-order valence-corrected chi connectivity index (χ3v) is 13.0. The van der Waals surface area contributed by atoms with Gasteiger partial charge in [0.2, 0.25) is 11.8 Å². The summed E-state index contributed by atoms with van der Waals surface area (Å²) in [5.74, 6) is -0.763. The number of benzene rings is 2. The maximum atomic E-state index is 14.6. The van der Waals surface area contributed by atoms with Crippen molar-refractivity contribution >= 4 is 21.9 Å². The number of carbonyl (C=O) groups is 1. The second-order valence-corrected chi connectivity index (χ2v) is 17.5. The lowest BCUT2D eigenvalue weighted by molar-refractivity contribution is -0.194. The summed E-state index contributed by atoms with van der Waals surface area (Å²) in [5, 5.41) is 0. The summed E-state index contributed by atoms with van der Waals surface area (Å²) < 4.78 is 85.8. The van der Waals surface area contributed by atoms with E-state index in [1.165, 1.54) is 24.3 Å². The zero-order valence-electron chi connectivity index (χ0n) is 30.7. The fourth-order valence-corrected chi connectivity index (χ4v) is 9.47. The van der Waals surface area contributed by atoms with Crippen LogP contribution in [0.5, 0.6) is 5.88 Å². The highest BCUT2D eigenvalue weighted by atomic mass is 32.2. The van der Waals surface area contributed by atoms with Crippen molar-refractivity contribution in [2.45, 2.75) is 102 Å². The number of anilines is 1. The van der Waals surface area contributed by atoms with Crippen LogP contribution >= 0.6 is 0 Å². The number of aryl methyl sites for hydroxylation is 2. The quantitative estimate of drug-likeness (QED) is 0.258. The summed E-state index contributed by atoms with van der Waals surface area (Å²) in [7, 11) is -4.29. The van der Waals surface area contributed by atoms with Gasteiger partial charge in [0.05, 0.1) is 34.8 Å². The number of alkyl halides is 3. The molecule has 1 spiro atoms. The van der Waals surface area contributed by atoms with Gasteiger partial charge in [-0.1, -0.05) is 24.3 Å². The van der Waals surface area contributed by atoms with E-state index in [0.717, 1.165) is 49.2 Å². The van der Waals surface area contributed by atoms with Crippen LogP contribution in [-0.4, -0.2) is 91.3 Å². The molecule has 2 aromatic carbocycles. The second-order valence-electron chi connectivity index (χ2n) is 15.8. The first kappa shape index (κ1) is 37.6. The molecule has 1 atom stereocenters. The molecule has 286 valence electrons. The van der Waals surface area contributed by atoms with Crippen molar-refractivity contribution in [2.24, 2.45) is 10.8 Å². The highest BCUT2D eigenvalue weighted by Crippen LogP contribution is 2.61. The average molecular weight is 756 g/mol. The monoisotopic (exact) mass is 755 g/mol. The van der Waals surface area contributed by atoms with Crippen LogP contribution in [0.25, 0.3) is 11.3 Å². The summed E-state index contributed by atoms with van der Waals surface area (Å²) in [6, 6.07) is 11.6. The number of piperidine rings is 1. The smallest absolute Gasteiger partial charge is 0.394 e. The van der Waals surface area contributed by atoms with Gasteiger partial charge in [0, 0.05) is 29.8 Å². The van der Waals surface area contributed by atoms with Crippen molar-refractivity contribution in [1.82, 2.24) is 19.8 Å². The lowest BCUT2D eigenvalue weighted by atomic mass is 9.59. The van der Waals surface area contributed by atoms with Gasteiger partial charge in [-0.2, -0.15) is 18.2 Å². The summed E-state index contributed by atoms with van der Waals surface area (Å²) in [6.07, 6.45) is -1.51. The Kier molecular flexibility index (Phi) is 10.0. The number of nitrogens with one attached hydrogen (secondary N) is 1. The molecule has 4 aliphatic rings. The zero-order valence-corrected chi connectivity index (χ0v) is 31.5. The highest BCUT2D eigenvalue weighted by Gasteiger charge is 2.64. The Hall–Kier alpha value is -3.75. The molecule has 1 aromatic heterocycles. The number of rotatable bonds is 8. The van der Waals surface area contributed by atoms with Crippen molar-refractivity contribution < 1.29 is 35.9 Å². The first-order valence-electron chi connectivity index (χ1n) is 18.5. The van der Waals surface area contributed by atoms with Gasteiger partial charge in [0.1, 0.15) is 6.61 Å². The maximum absolute atomic E-state index is 14.6. The fourth-order valence-electron chi connectivity index (χ4n) is 8.48. The van der Waals surface area contributed by atoms with Crippen molar-refractivity contribution in [2.75, 3.05) is 37.6 Å². The number of ether oxygens (including phenoxy) is 2. The minimum Gasteiger partial charge on any atom is -0.475 e. The molecule has 2 aliphatic heterocycles. The minimum atomic E-state index is -4.45. The first-order chi connectivity index (χ1) is 25.1. The Morgan fingerprint density at radius 3 is 2.32 bits per heavy atom. The molecule has 3 heterocycles. The predicted octanol–water partition coefficient (Wildman–Crippen LogP) is 7.17. The van der Waals surface area contributed by atoms with Gasteiger partial charge in [-0.05, 0) is 120 Å². The molecule has 2 aliphatic carbocycles. The average Bonchev–Trinajstić information content (AvgIpc) is 3.87. The second kappa shape index (κ2) is 14.2. The van der Waals surface area contributed by atoms with Gasteiger partial charge in [-0.25, -0.2) is 18.1 Å². The number of likely N-dealkylation sites (tertiary alicyclic amines) is 1. The number of nitrogens with zero attached hydrogens (tertiary/aromatic N) is 4. The molecule has 0 radical (unpaired) electrons. The van der Waals surface area contributed by atoms with Gasteiger partial charge in [-0.3, -0.25) is 4.79 Å². The van der Waals surface area contributed by atoms with E-state index in [-0.39, 0.29) is 65.7 Å². The van der Waals surface area contributed by atoms with Crippen LogP contribution < -0.4 is 9.46 Å². The minimum absolute atomic E-state index is 0.00513. The van der Waals surface area contributed by atoms with Crippen LogP contribution in [-0.2, 0) is 14.8 Å². The van der Waals surface area contributed by atoms with Crippen LogP contribution in [0, 0.1) is 24.7 Å². The van der Waals surface area contributed by atoms with Gasteiger partial charge >= 0.3 is 6.18 Å². The molecule has 2 saturated carbocycles. The number of halogens is 3. The normalized spacial score (nSPS) is 22.6. The Morgan fingerprint density at radius 2 is 1.68 bits per heavy atom. The van der Waals surface area contributed by atoms with E-state index in [0.29, 0.717) is 25.1 Å². The van der Waals surface area contributed by atoms with E-state index in [1.807, 2.05) is 45.9 Å². The van der Waals surface area contributed by atoms with Crippen molar-refractivity contribution in [1.29, 1.82) is 0 Å². The number of carbonyl (C=O) groups excluding carboxylic acids is 1. The molecule has 7 rings (SSSR count). The van der Waals surface area contributed by atoms with Gasteiger partial charge in [0.25, 0.3) is 15.9 Å². The van der Waals surface area contributed by atoms with Crippen molar-refractivity contribution in [3.05, 3.63) is 65.2 Å². The molecule has 1 N–H and O–H groups in total. The summed E-state index contributed by atoms with van der Waals surface area (Å²) in [6.45, 7) is 10.8. The third-order valence-electron chi connectivity index (χ3n) is 11.7. The number of hydrogen-bond acceptors (Lipinski definition) is 8. The van der Waals surface area contributed by atoms with Gasteiger partial charge in [-0.15, -0.1) is 0 Å². The summed E-state index contributed by atoms with van der Waals surface area (Å²) >= 11 is 0. The first-order valence-corrected chi connectivity index (χ1v) is 20.0. The molecule has 53 heavy (non-hydrogen) atoms. The molecule has 3 fully saturated rings. The van der Waals surface area contributed by atoms with E-state index in [4.69, 9.17) is 9.47 Å². The lowest BCUT2D eigenvalue weighted by Gasteiger charge is -2.56. The Balaban J connectivity index is 1.25. The van der Waals surface area contributed by atoms with E-state index in [2.05, 4.69) is 19.6 Å². The largest absolute Gasteiger partial charge is 0.475 e. The standard InChI is InChI=1S/C39H48F3N5O5S/c1-25(2)51-18-17-46-15-13-37(14-16-46)21-29(22-37)47-30(23-38(11-12-38)39(40,41)42)24-52-33-20-32(34-26(3)7-5-8-27(34)4)43-36(44-33)45-53(49,50)31-10-6-9-28(19-31)35(47)48/h5-10,19-20,25,29-30H,11-18,21-24H2,1-4H3,(H,43,44,45)/t30-/m1/s1. The van der Waals surface area contributed by atoms with Gasteiger partial charge in [0.15, 0.2) is 0 Å². The molecule has 14 heteroatoms. The SMILES string of the molecule is Cc1cccc(C)c1-c1cc2nc(n1)NS(=O)(=O)c1cccc(c1)C(=O)N(C1CC3(CCN(CCOC(C)C)CC3)C1)[C@H](CC1(C(F)(F)F)CC1)CO2. The van der Waals surface area contributed by atoms with E-state index >= 15 is 0 Å².